The van der Waals surface area contributed by atoms with E-state index in [0.717, 1.165) is 11.3 Å². The van der Waals surface area contributed by atoms with Crippen LogP contribution >= 0.6 is 0 Å². The molecule has 6 heteroatoms. The molecular weight excluding hydrogens is 218 g/mol. The van der Waals surface area contributed by atoms with Crippen LogP contribution in [0.5, 0.6) is 0 Å². The number of nitrogens with two attached hydrogens (primary N) is 1. The Hall–Kier alpha value is -2.37. The molecule has 0 aliphatic carbocycles. The van der Waals surface area contributed by atoms with Gasteiger partial charge in [0.2, 0.25) is 5.91 Å². The minimum absolute atomic E-state index is 0.152. The van der Waals surface area contributed by atoms with Crippen molar-refractivity contribution in [2.75, 3.05) is 11.1 Å². The van der Waals surface area contributed by atoms with Gasteiger partial charge in [-0.05, 0) is 6.07 Å². The number of nitrogens with one attached hydrogen (secondary N) is 1. The second-order valence-corrected chi connectivity index (χ2v) is 3.73. The number of carbonyl (C=O) groups excluding carboxylic acids is 1. The van der Waals surface area contributed by atoms with Crippen molar-refractivity contribution in [1.29, 1.82) is 0 Å². The van der Waals surface area contributed by atoms with Gasteiger partial charge in [-0.1, -0.05) is 0 Å². The maximum atomic E-state index is 10.9. The first kappa shape index (κ1) is 11.1. The molecular formula is C11H13N5O. The van der Waals surface area contributed by atoms with Crippen LogP contribution < -0.4 is 11.1 Å². The van der Waals surface area contributed by atoms with Crippen LogP contribution in [0.15, 0.2) is 24.5 Å². The third-order valence-corrected chi connectivity index (χ3v) is 2.24. The summed E-state index contributed by atoms with van der Waals surface area (Å²) in [5.74, 6) is 0.359. The summed E-state index contributed by atoms with van der Waals surface area (Å²) in [7, 11) is 1.80. The quantitative estimate of drug-likeness (QED) is 0.808. The lowest BCUT2D eigenvalue weighted by Crippen LogP contribution is -2.06. The molecule has 2 aromatic rings. The Balaban J connectivity index is 2.39. The number of aryl methyl sites for hydroxylation is 1. The highest BCUT2D eigenvalue weighted by molar-refractivity contribution is 5.88. The number of nitrogen functional groups attached to an aromatic ring is 1. The van der Waals surface area contributed by atoms with Crippen molar-refractivity contribution in [1.82, 2.24) is 14.8 Å². The average molecular weight is 231 g/mol. The van der Waals surface area contributed by atoms with Gasteiger partial charge < -0.3 is 11.1 Å². The largest absolute Gasteiger partial charge is 0.397 e. The lowest BCUT2D eigenvalue weighted by atomic mass is 10.2. The summed E-state index contributed by atoms with van der Waals surface area (Å²) < 4.78 is 1.67. The van der Waals surface area contributed by atoms with Crippen LogP contribution in [0.25, 0.3) is 11.3 Å². The van der Waals surface area contributed by atoms with Crippen LogP contribution in [-0.4, -0.2) is 20.7 Å². The molecule has 3 N–H and O–H groups in total. The predicted octanol–water partition coefficient (Wildman–Crippen LogP) is 1.02. The number of nitrogens with zero attached hydrogens (tertiary/aromatic N) is 3. The number of pyridine rings is 1. The van der Waals surface area contributed by atoms with Gasteiger partial charge in [-0.3, -0.25) is 14.5 Å². The Morgan fingerprint density at radius 1 is 1.41 bits per heavy atom. The first-order chi connectivity index (χ1) is 8.06. The Kier molecular flexibility index (Phi) is 2.78. The molecule has 0 bridgehead atoms. The molecule has 0 aliphatic rings. The number of hydrogen-bond acceptors (Lipinski definition) is 4. The number of aromatic nitrogens is 3. The SMILES string of the molecule is CC(=O)Nc1cc(-c2cncc(N)c2)n(C)n1. The smallest absolute Gasteiger partial charge is 0.222 e. The van der Waals surface area contributed by atoms with Gasteiger partial charge in [0.15, 0.2) is 5.82 Å². The summed E-state index contributed by atoms with van der Waals surface area (Å²) in [4.78, 5) is 15.0. The number of carbonyl (C=O) groups is 1. The van der Waals surface area contributed by atoms with Crippen LogP contribution in [-0.2, 0) is 11.8 Å². The fourth-order valence-corrected chi connectivity index (χ4v) is 1.58. The van der Waals surface area contributed by atoms with E-state index in [9.17, 15) is 4.79 Å². The lowest BCUT2D eigenvalue weighted by molar-refractivity contribution is -0.114. The van der Waals surface area contributed by atoms with E-state index >= 15 is 0 Å². The van der Waals surface area contributed by atoms with E-state index in [1.807, 2.05) is 6.07 Å². The molecule has 88 valence electrons. The van der Waals surface area contributed by atoms with Crippen LogP contribution in [0.2, 0.25) is 0 Å². The first-order valence-corrected chi connectivity index (χ1v) is 5.09. The molecule has 0 saturated carbocycles. The molecule has 6 nitrogen and oxygen atoms in total. The van der Waals surface area contributed by atoms with Gasteiger partial charge in [-0.2, -0.15) is 5.10 Å². The van der Waals surface area contributed by atoms with E-state index < -0.39 is 0 Å². The molecule has 0 aromatic carbocycles. The van der Waals surface area contributed by atoms with Crippen molar-refractivity contribution in [3.63, 3.8) is 0 Å². The molecule has 0 saturated heterocycles. The molecule has 0 aliphatic heterocycles. The number of anilines is 2. The van der Waals surface area contributed by atoms with Crippen LogP contribution in [0.3, 0.4) is 0 Å². The third-order valence-electron chi connectivity index (χ3n) is 2.24. The molecule has 0 unspecified atom stereocenters. The summed E-state index contributed by atoms with van der Waals surface area (Å²) in [6.45, 7) is 1.44. The minimum atomic E-state index is -0.152. The van der Waals surface area contributed by atoms with Crippen molar-refractivity contribution in [2.45, 2.75) is 6.92 Å². The van der Waals surface area contributed by atoms with Crippen LogP contribution in [0, 0.1) is 0 Å². The highest BCUT2D eigenvalue weighted by Crippen LogP contribution is 2.22. The van der Waals surface area contributed by atoms with Crippen molar-refractivity contribution >= 4 is 17.4 Å². The molecule has 0 atom stereocenters. The molecule has 2 aromatic heterocycles. The Bertz CT molecular complexity index is 561. The van der Waals surface area contributed by atoms with E-state index in [-0.39, 0.29) is 5.91 Å². The van der Waals surface area contributed by atoms with Crippen molar-refractivity contribution in [2.24, 2.45) is 7.05 Å². The summed E-state index contributed by atoms with van der Waals surface area (Å²) in [5, 5.41) is 6.80. The molecule has 0 fully saturated rings. The molecule has 0 spiro atoms. The second-order valence-electron chi connectivity index (χ2n) is 3.73. The summed E-state index contributed by atoms with van der Waals surface area (Å²) in [5.41, 5.74) is 7.96. The zero-order valence-corrected chi connectivity index (χ0v) is 9.64. The maximum absolute atomic E-state index is 10.9. The van der Waals surface area contributed by atoms with E-state index in [1.165, 1.54) is 6.92 Å². The normalized spacial score (nSPS) is 10.2. The van der Waals surface area contributed by atoms with Crippen LogP contribution in [0.4, 0.5) is 11.5 Å². The van der Waals surface area contributed by atoms with Gasteiger partial charge in [0, 0.05) is 38.0 Å². The fourth-order valence-electron chi connectivity index (χ4n) is 1.58. The zero-order chi connectivity index (χ0) is 12.4. The molecule has 1 amide bonds. The summed E-state index contributed by atoms with van der Waals surface area (Å²) in [6, 6.07) is 3.58. The third kappa shape index (κ3) is 2.41. The molecule has 2 heterocycles. The first-order valence-electron chi connectivity index (χ1n) is 5.09. The zero-order valence-electron chi connectivity index (χ0n) is 9.64. The van der Waals surface area contributed by atoms with Gasteiger partial charge >= 0.3 is 0 Å². The molecule has 17 heavy (non-hydrogen) atoms. The van der Waals surface area contributed by atoms with E-state index in [2.05, 4.69) is 15.4 Å². The van der Waals surface area contributed by atoms with Crippen LogP contribution in [0.1, 0.15) is 6.92 Å². The number of hydrogen-bond donors (Lipinski definition) is 2. The van der Waals surface area contributed by atoms with E-state index in [0.29, 0.717) is 11.5 Å². The monoisotopic (exact) mass is 231 g/mol. The summed E-state index contributed by atoms with van der Waals surface area (Å²) in [6.07, 6.45) is 3.28. The summed E-state index contributed by atoms with van der Waals surface area (Å²) >= 11 is 0. The van der Waals surface area contributed by atoms with Crippen molar-refractivity contribution < 1.29 is 4.79 Å². The minimum Gasteiger partial charge on any atom is -0.397 e. The average Bonchev–Trinajstić information content (AvgIpc) is 2.58. The lowest BCUT2D eigenvalue weighted by Gasteiger charge is -2.01. The molecule has 2 rings (SSSR count). The molecule has 0 radical (unpaired) electrons. The predicted molar refractivity (Wildman–Crippen MR) is 65.2 cm³/mol. The van der Waals surface area contributed by atoms with Gasteiger partial charge in [0.25, 0.3) is 0 Å². The van der Waals surface area contributed by atoms with Gasteiger partial charge in [-0.25, -0.2) is 0 Å². The fraction of sp³-hybridized carbons (Fsp3) is 0.182. The van der Waals surface area contributed by atoms with Crippen molar-refractivity contribution in [3.05, 3.63) is 24.5 Å². The Morgan fingerprint density at radius 3 is 2.82 bits per heavy atom. The number of rotatable bonds is 2. The van der Waals surface area contributed by atoms with E-state index in [1.54, 1.807) is 30.2 Å². The Labute approximate surface area is 98.5 Å². The highest BCUT2D eigenvalue weighted by atomic mass is 16.1. The second kappa shape index (κ2) is 4.25. The topological polar surface area (TPSA) is 85.8 Å². The van der Waals surface area contributed by atoms with Gasteiger partial charge in [-0.15, -0.1) is 0 Å². The van der Waals surface area contributed by atoms with E-state index in [4.69, 9.17) is 5.73 Å². The highest BCUT2D eigenvalue weighted by Gasteiger charge is 2.08. The van der Waals surface area contributed by atoms with Gasteiger partial charge in [0.1, 0.15) is 0 Å². The standard InChI is InChI=1S/C11H13N5O/c1-7(17)14-11-4-10(16(2)15-11)8-3-9(12)6-13-5-8/h3-6H,12H2,1-2H3,(H,14,15,17). The Morgan fingerprint density at radius 2 is 2.18 bits per heavy atom. The maximum Gasteiger partial charge on any atom is 0.222 e. The van der Waals surface area contributed by atoms with Crippen molar-refractivity contribution in [3.8, 4) is 11.3 Å². The number of amides is 1. The van der Waals surface area contributed by atoms with Gasteiger partial charge in [0.05, 0.1) is 11.4 Å².